The minimum Gasteiger partial charge on any atom is -0.496 e. The molecule has 170 valence electrons. The zero-order valence-electron chi connectivity index (χ0n) is 18.7. The Morgan fingerprint density at radius 2 is 1.73 bits per heavy atom. The maximum atomic E-state index is 13.1. The monoisotopic (exact) mass is 444 g/mol. The Labute approximate surface area is 193 Å². The molecule has 0 saturated carbocycles. The largest absolute Gasteiger partial charge is 0.496 e. The number of hydrogen-bond acceptors (Lipinski definition) is 4. The molecule has 0 aliphatic carbocycles. The van der Waals surface area contributed by atoms with Crippen LogP contribution in [0.2, 0.25) is 0 Å². The van der Waals surface area contributed by atoms with E-state index >= 15 is 0 Å². The predicted molar refractivity (Wildman–Crippen MR) is 127 cm³/mol. The average Bonchev–Trinajstić information content (AvgIpc) is 2.85. The van der Waals surface area contributed by atoms with Gasteiger partial charge in [-0.1, -0.05) is 72.8 Å². The first-order chi connectivity index (χ1) is 16.0. The van der Waals surface area contributed by atoms with Crippen molar-refractivity contribution in [2.45, 2.75) is 18.4 Å². The van der Waals surface area contributed by atoms with Crippen molar-refractivity contribution in [3.05, 3.63) is 90.0 Å². The topological polar surface area (TPSA) is 81.9 Å². The molecule has 1 atom stereocenters. The maximum Gasteiger partial charge on any atom is 0.251 e. The van der Waals surface area contributed by atoms with Crippen molar-refractivity contribution >= 4 is 11.8 Å². The Bertz CT molecular complexity index is 1130. The number of hydrogen-bond donors (Lipinski definition) is 1. The van der Waals surface area contributed by atoms with Gasteiger partial charge in [-0.3, -0.25) is 9.59 Å². The van der Waals surface area contributed by atoms with Crippen LogP contribution >= 0.6 is 0 Å². The lowest BCUT2D eigenvalue weighted by molar-refractivity contribution is -0.163. The van der Waals surface area contributed by atoms with Crippen molar-refractivity contribution in [3.8, 4) is 16.9 Å². The van der Waals surface area contributed by atoms with Crippen molar-refractivity contribution in [2.24, 2.45) is 5.73 Å². The number of para-hydroxylation sites is 1. The van der Waals surface area contributed by atoms with Gasteiger partial charge in [0.05, 0.1) is 26.7 Å². The third-order valence-corrected chi connectivity index (χ3v) is 6.05. The minimum atomic E-state index is -1.27. The number of benzene rings is 3. The Balaban J connectivity index is 1.54. The van der Waals surface area contributed by atoms with Crippen molar-refractivity contribution in [1.29, 1.82) is 0 Å². The smallest absolute Gasteiger partial charge is 0.251 e. The highest BCUT2D eigenvalue weighted by atomic mass is 16.5. The van der Waals surface area contributed by atoms with Crippen LogP contribution in [0.3, 0.4) is 0 Å². The second kappa shape index (κ2) is 9.88. The SMILES string of the molecule is COc1ccccc1CC(=O)N1CCO[C@](Cc2cccc(-c3ccccc3)c2)(C(N)=O)C1. The molecule has 6 nitrogen and oxygen atoms in total. The van der Waals surface area contributed by atoms with E-state index in [1.54, 1.807) is 12.0 Å². The van der Waals surface area contributed by atoms with E-state index < -0.39 is 11.5 Å². The Hall–Kier alpha value is -3.64. The van der Waals surface area contributed by atoms with Crippen molar-refractivity contribution < 1.29 is 19.1 Å². The summed E-state index contributed by atoms with van der Waals surface area (Å²) in [5, 5.41) is 0. The predicted octanol–water partition coefficient (Wildman–Crippen LogP) is 3.23. The molecule has 1 fully saturated rings. The first-order valence-electron chi connectivity index (χ1n) is 11.0. The average molecular weight is 445 g/mol. The van der Waals surface area contributed by atoms with Crippen molar-refractivity contribution in [1.82, 2.24) is 4.90 Å². The summed E-state index contributed by atoms with van der Waals surface area (Å²) in [6, 6.07) is 25.4. The summed E-state index contributed by atoms with van der Waals surface area (Å²) in [7, 11) is 1.58. The molecule has 6 heteroatoms. The summed E-state index contributed by atoms with van der Waals surface area (Å²) >= 11 is 0. The van der Waals surface area contributed by atoms with Gasteiger partial charge in [0.15, 0.2) is 5.60 Å². The van der Waals surface area contributed by atoms with Gasteiger partial charge in [0, 0.05) is 18.5 Å². The van der Waals surface area contributed by atoms with E-state index in [2.05, 4.69) is 0 Å². The molecule has 0 spiro atoms. The van der Waals surface area contributed by atoms with Crippen molar-refractivity contribution in [2.75, 3.05) is 26.8 Å². The van der Waals surface area contributed by atoms with Crippen LogP contribution in [0.5, 0.6) is 5.75 Å². The van der Waals surface area contributed by atoms with Gasteiger partial charge in [-0.25, -0.2) is 0 Å². The van der Waals surface area contributed by atoms with Gasteiger partial charge >= 0.3 is 0 Å². The summed E-state index contributed by atoms with van der Waals surface area (Å²) in [4.78, 5) is 27.4. The van der Waals surface area contributed by atoms with Gasteiger partial charge in [0.25, 0.3) is 5.91 Å². The number of ether oxygens (including phenoxy) is 2. The molecule has 0 radical (unpaired) electrons. The van der Waals surface area contributed by atoms with Gasteiger partial charge in [0.1, 0.15) is 5.75 Å². The molecule has 0 bridgehead atoms. The Morgan fingerprint density at radius 3 is 2.48 bits per heavy atom. The molecule has 0 aromatic heterocycles. The lowest BCUT2D eigenvalue weighted by Gasteiger charge is -2.41. The number of primary amides is 1. The van der Waals surface area contributed by atoms with E-state index in [1.165, 1.54) is 0 Å². The highest BCUT2D eigenvalue weighted by Crippen LogP contribution is 2.27. The zero-order valence-corrected chi connectivity index (χ0v) is 18.7. The molecular weight excluding hydrogens is 416 g/mol. The van der Waals surface area contributed by atoms with E-state index in [0.29, 0.717) is 18.7 Å². The summed E-state index contributed by atoms with van der Waals surface area (Å²) in [5.74, 6) is 0.00636. The molecule has 2 N–H and O–H groups in total. The van der Waals surface area contributed by atoms with Crippen molar-refractivity contribution in [3.63, 3.8) is 0 Å². The molecule has 33 heavy (non-hydrogen) atoms. The number of methoxy groups -OCH3 is 1. The second-order valence-corrected chi connectivity index (χ2v) is 8.25. The number of carbonyl (C=O) groups is 2. The minimum absolute atomic E-state index is 0.0912. The molecule has 1 aliphatic rings. The zero-order chi connectivity index (χ0) is 23.3. The van der Waals surface area contributed by atoms with E-state index in [4.69, 9.17) is 15.2 Å². The molecule has 1 aliphatic heterocycles. The molecule has 3 aromatic carbocycles. The van der Waals surface area contributed by atoms with E-state index in [-0.39, 0.29) is 25.5 Å². The van der Waals surface area contributed by atoms with E-state index in [1.807, 2.05) is 78.9 Å². The third kappa shape index (κ3) is 5.07. The molecule has 4 rings (SSSR count). The van der Waals surface area contributed by atoms with Gasteiger partial charge in [0.2, 0.25) is 5.91 Å². The molecule has 1 heterocycles. The number of rotatable bonds is 7. The fourth-order valence-corrected chi connectivity index (χ4v) is 4.29. The first kappa shape index (κ1) is 22.6. The van der Waals surface area contributed by atoms with Crippen LogP contribution in [0.1, 0.15) is 11.1 Å². The first-order valence-corrected chi connectivity index (χ1v) is 11.0. The van der Waals surface area contributed by atoms with Crippen LogP contribution in [-0.2, 0) is 27.2 Å². The molecule has 3 aromatic rings. The summed E-state index contributed by atoms with van der Waals surface area (Å²) in [6.07, 6.45) is 0.476. The number of carbonyl (C=O) groups excluding carboxylic acids is 2. The van der Waals surface area contributed by atoms with Gasteiger partial charge in [-0.2, -0.15) is 0 Å². The maximum absolute atomic E-state index is 13.1. The quantitative estimate of drug-likeness (QED) is 0.607. The summed E-state index contributed by atoms with van der Waals surface area (Å²) < 4.78 is 11.3. The molecular formula is C27H28N2O4. The van der Waals surface area contributed by atoms with Gasteiger partial charge < -0.3 is 20.1 Å². The molecule has 2 amide bonds. The molecule has 1 saturated heterocycles. The van der Waals surface area contributed by atoms with Crippen LogP contribution in [0, 0.1) is 0 Å². The number of nitrogens with two attached hydrogens (primary N) is 1. The Kier molecular flexibility index (Phi) is 6.75. The van der Waals surface area contributed by atoms with E-state index in [9.17, 15) is 9.59 Å². The second-order valence-electron chi connectivity index (χ2n) is 8.25. The summed E-state index contributed by atoms with van der Waals surface area (Å²) in [6.45, 7) is 0.776. The third-order valence-electron chi connectivity index (χ3n) is 6.05. The van der Waals surface area contributed by atoms with Crippen LogP contribution in [0.25, 0.3) is 11.1 Å². The standard InChI is InChI=1S/C27H28N2O4/c1-32-24-13-6-5-11-23(24)17-25(30)29-14-15-33-27(19-29,26(28)31)18-20-8-7-12-22(16-20)21-9-3-2-4-10-21/h2-13,16H,14-15,17-19H2,1H3,(H2,28,31)/t27-/m0/s1. The molecule has 0 unspecified atom stereocenters. The normalized spacial score (nSPS) is 18.0. The van der Waals surface area contributed by atoms with Crippen LogP contribution in [0.15, 0.2) is 78.9 Å². The number of morpholine rings is 1. The van der Waals surface area contributed by atoms with E-state index in [0.717, 1.165) is 22.3 Å². The van der Waals surface area contributed by atoms with Crippen LogP contribution < -0.4 is 10.5 Å². The summed E-state index contributed by atoms with van der Waals surface area (Å²) in [5.41, 5.74) is 8.43. The fraction of sp³-hybridized carbons (Fsp3) is 0.259. The van der Waals surface area contributed by atoms with Gasteiger partial charge in [-0.15, -0.1) is 0 Å². The lowest BCUT2D eigenvalue weighted by Crippen LogP contribution is -2.61. The van der Waals surface area contributed by atoms with Crippen LogP contribution in [-0.4, -0.2) is 49.1 Å². The van der Waals surface area contributed by atoms with Gasteiger partial charge in [-0.05, 0) is 22.8 Å². The fourth-order valence-electron chi connectivity index (χ4n) is 4.29. The highest BCUT2D eigenvalue weighted by Gasteiger charge is 2.43. The number of nitrogens with zero attached hydrogens (tertiary/aromatic N) is 1. The number of amides is 2. The lowest BCUT2D eigenvalue weighted by atomic mass is 9.90. The Morgan fingerprint density at radius 1 is 1.00 bits per heavy atom. The highest BCUT2D eigenvalue weighted by molar-refractivity contribution is 5.86. The van der Waals surface area contributed by atoms with Crippen LogP contribution in [0.4, 0.5) is 0 Å².